The standard InChI is InChI=1S/C28H36N6O4.2C28H36N6O3.C27H33N5O4/c1-4-20-16-21(18-23(17-20)37-3)6-7-24-26(27(29)36)28(30-9-11-32-12-14-38-15-13-32)34(31-24)22-8-10-33(19-22)25(35)5-2;1-5-19-15-20(17-23(16-19)37-4)7-8-24-26(27(29)36)28(30-21-9-12-32(3)13-10-21)34(31-24)22-11-14-33(18-22)25(35)6-2;1-4-20-16-21(18-23(17-20)37-3)8-9-24-26(27(29)36)28(30-11-15-32-12-6-7-13-32)34(31-24)22-10-14-33(19-22)25(35)5-2;1-4-18-14-19(16-22(15-18)35-3)6-7-23-25(26(28)34)27(29-20-9-12-36-13-10-20)32(30-23)21-8-11-31(17-21)24(33)5-2/h5,16-18,22,30H,2,4,8-15,19H2,1,3H3,(H2,29,36);6,15-17,21-22,30H,2,5,9-14,18H2,1,3-4H3,(H2,29,36);5,16-18,22,30H,2,4,6-7,10-15,19H2,1,3H3,(H2,29,36);5,14-16,20-21,29H,2,4,8-13,17H2,1,3H3,(H2,28,34)/t3*22-;21-/m0000/s1. The maximum Gasteiger partial charge on any atom is 0.255 e. The molecule has 0 saturated carbocycles. The number of rotatable bonds is 32. The maximum atomic E-state index is 12.8. The molecule has 8 fully saturated rings. The molecule has 16 rings (SSSR count). The van der Waals surface area contributed by atoms with Crippen molar-refractivity contribution < 1.29 is 66.8 Å². The number of piperidine rings is 1. The van der Waals surface area contributed by atoms with Crippen LogP contribution in [0.2, 0.25) is 0 Å². The highest BCUT2D eigenvalue weighted by Crippen LogP contribution is 2.37. The van der Waals surface area contributed by atoms with Crippen LogP contribution in [0.25, 0.3) is 0 Å². The zero-order valence-electron chi connectivity index (χ0n) is 86.7. The van der Waals surface area contributed by atoms with E-state index in [1.165, 1.54) is 37.1 Å². The van der Waals surface area contributed by atoms with E-state index in [1.807, 2.05) is 77.5 Å². The maximum absolute atomic E-state index is 12.8. The minimum Gasteiger partial charge on any atom is -0.497 e. The molecule has 784 valence electrons. The molecule has 12 N–H and O–H groups in total. The summed E-state index contributed by atoms with van der Waals surface area (Å²) < 4.78 is 39.8. The number of aromatic nitrogens is 8. The predicted octanol–water partition coefficient (Wildman–Crippen LogP) is 9.00. The molecule has 0 bridgehead atoms. The van der Waals surface area contributed by atoms with Gasteiger partial charge >= 0.3 is 0 Å². The number of aryl methyl sites for hydroxylation is 4. The van der Waals surface area contributed by atoms with Gasteiger partial charge in [0.05, 0.1) is 65.8 Å². The lowest BCUT2D eigenvalue weighted by Gasteiger charge is -2.30. The van der Waals surface area contributed by atoms with E-state index in [0.717, 1.165) is 171 Å². The molecule has 148 heavy (non-hydrogen) atoms. The average molecular weight is 2020 g/mol. The summed E-state index contributed by atoms with van der Waals surface area (Å²) in [6.07, 6.45) is 17.4. The summed E-state index contributed by atoms with van der Waals surface area (Å²) in [6.45, 7) is 38.3. The third-order valence-corrected chi connectivity index (χ3v) is 27.7. The average Bonchev–Trinajstić information content (AvgIpc) is 1.63. The number of anilines is 4. The van der Waals surface area contributed by atoms with Gasteiger partial charge in [-0.05, 0) is 266 Å². The Morgan fingerprint density at radius 3 is 0.905 bits per heavy atom. The summed E-state index contributed by atoms with van der Waals surface area (Å²) in [6, 6.07) is 23.2. The molecular weight excluding hydrogens is 1880 g/mol. The summed E-state index contributed by atoms with van der Waals surface area (Å²) in [4.78, 5) is 114. The number of hydrogen-bond acceptors (Lipinski definition) is 25. The SMILES string of the molecule is C=CC(=O)N1CC[C@H](n2nc(C#Cc3cc(CC)cc(OC)c3)c(C(N)=O)c2NC2CCN(C)CC2)C1.C=CC(=O)N1CC[C@H](n2nc(C#Cc3cc(CC)cc(OC)c3)c(C(N)=O)c2NC2CCOCC2)C1.C=CC(=O)N1CC[C@H](n2nc(C#Cc3cc(CC)cc(OC)c3)c(C(N)=O)c2NCCN2CCCC2)C1.C=CC(=O)N1CC[C@H](n2nc(C#Cc3cc(CC)cc(OC)c3)c(C(N)=O)c2NCCN2CCOCC2)C1. The topological polar surface area (TPSA) is 438 Å². The summed E-state index contributed by atoms with van der Waals surface area (Å²) in [5.74, 6) is 27.2. The molecule has 37 nitrogen and oxygen atoms in total. The minimum atomic E-state index is -0.605. The second kappa shape index (κ2) is 53.3. The number of nitrogens with zero attached hydrogens (tertiary/aromatic N) is 15. The van der Waals surface area contributed by atoms with Crippen LogP contribution >= 0.6 is 0 Å². The van der Waals surface area contributed by atoms with Gasteiger partial charge < -0.3 is 102 Å². The quantitative estimate of drug-likeness (QED) is 0.0144. The van der Waals surface area contributed by atoms with Gasteiger partial charge in [0, 0.05) is 139 Å². The van der Waals surface area contributed by atoms with Gasteiger partial charge in [0.1, 0.15) is 68.5 Å². The van der Waals surface area contributed by atoms with Crippen LogP contribution in [-0.2, 0) is 54.3 Å². The number of carbonyl (C=O) groups excluding carboxylic acids is 8. The van der Waals surface area contributed by atoms with Gasteiger partial charge in [-0.2, -0.15) is 20.4 Å². The number of hydrogen-bond donors (Lipinski definition) is 8. The van der Waals surface area contributed by atoms with E-state index in [0.29, 0.717) is 169 Å². The summed E-state index contributed by atoms with van der Waals surface area (Å²) in [5, 5.41) is 32.9. The van der Waals surface area contributed by atoms with Crippen molar-refractivity contribution in [3.8, 4) is 70.4 Å². The zero-order chi connectivity index (χ0) is 106. The van der Waals surface area contributed by atoms with Crippen LogP contribution in [0.4, 0.5) is 23.3 Å². The first-order chi connectivity index (χ1) is 71.6. The Morgan fingerprint density at radius 2 is 0.628 bits per heavy atom. The number of methoxy groups -OCH3 is 4. The Bertz CT molecular complexity index is 6320. The van der Waals surface area contributed by atoms with Crippen LogP contribution in [0.1, 0.15) is 225 Å². The molecule has 0 spiro atoms. The Balaban J connectivity index is 0.000000165. The van der Waals surface area contributed by atoms with Crippen molar-refractivity contribution in [1.82, 2.24) is 73.4 Å². The van der Waals surface area contributed by atoms with Gasteiger partial charge in [0.2, 0.25) is 23.6 Å². The summed E-state index contributed by atoms with van der Waals surface area (Å²) >= 11 is 0. The van der Waals surface area contributed by atoms with Crippen molar-refractivity contribution in [3.05, 3.63) is 213 Å². The minimum absolute atomic E-state index is 0.102. The van der Waals surface area contributed by atoms with Crippen LogP contribution in [0.15, 0.2) is 123 Å². The predicted molar refractivity (Wildman–Crippen MR) is 570 cm³/mol. The number of benzene rings is 4. The van der Waals surface area contributed by atoms with Gasteiger partial charge in [-0.25, -0.2) is 18.7 Å². The van der Waals surface area contributed by atoms with Crippen molar-refractivity contribution in [2.24, 2.45) is 22.9 Å². The molecule has 8 amide bonds. The highest BCUT2D eigenvalue weighted by molar-refractivity contribution is 6.03. The lowest BCUT2D eigenvalue weighted by atomic mass is 10.0. The summed E-state index contributed by atoms with van der Waals surface area (Å²) in [7, 11) is 8.60. The van der Waals surface area contributed by atoms with Crippen molar-refractivity contribution in [2.45, 2.75) is 154 Å². The number of likely N-dealkylation sites (tertiary alicyclic amines) is 6. The lowest BCUT2D eigenvalue weighted by Crippen LogP contribution is -2.39. The molecule has 4 atom stereocenters. The lowest BCUT2D eigenvalue weighted by molar-refractivity contribution is -0.125. The Labute approximate surface area is 867 Å². The first-order valence-corrected chi connectivity index (χ1v) is 51.1. The molecule has 4 aromatic heterocycles. The van der Waals surface area contributed by atoms with E-state index < -0.39 is 23.6 Å². The van der Waals surface area contributed by atoms with E-state index in [1.54, 1.807) is 62.1 Å². The number of carbonyl (C=O) groups is 8. The monoisotopic (exact) mass is 2020 g/mol. The first kappa shape index (κ1) is 110. The second-order valence-electron chi connectivity index (χ2n) is 37.6. The van der Waals surface area contributed by atoms with Crippen LogP contribution in [0, 0.1) is 47.4 Å². The van der Waals surface area contributed by atoms with Crippen LogP contribution < -0.4 is 63.1 Å². The fraction of sp³-hybridized carbons (Fsp3) is 0.459. The van der Waals surface area contributed by atoms with E-state index >= 15 is 0 Å². The van der Waals surface area contributed by atoms with Gasteiger partial charge in [0.15, 0.2) is 22.8 Å². The molecule has 8 aliphatic heterocycles. The van der Waals surface area contributed by atoms with Gasteiger partial charge in [-0.1, -0.05) is 77.7 Å². The molecule has 12 heterocycles. The molecule has 0 unspecified atom stereocenters. The van der Waals surface area contributed by atoms with Crippen LogP contribution in [0.3, 0.4) is 0 Å². The third kappa shape index (κ3) is 28.6. The largest absolute Gasteiger partial charge is 0.497 e. The van der Waals surface area contributed by atoms with E-state index in [9.17, 15) is 38.4 Å². The third-order valence-electron chi connectivity index (χ3n) is 27.7. The van der Waals surface area contributed by atoms with Crippen molar-refractivity contribution >= 4 is 70.5 Å². The second-order valence-corrected chi connectivity index (χ2v) is 37.6. The van der Waals surface area contributed by atoms with E-state index in [-0.39, 0.29) is 76.6 Å². The molecule has 37 heteroatoms. The van der Waals surface area contributed by atoms with E-state index in [2.05, 4.69) is 144 Å². The van der Waals surface area contributed by atoms with Gasteiger partial charge in [-0.3, -0.25) is 43.3 Å². The Morgan fingerprint density at radius 1 is 0.358 bits per heavy atom. The van der Waals surface area contributed by atoms with Crippen LogP contribution in [0.5, 0.6) is 23.0 Å². The molecule has 8 saturated heterocycles. The Kier molecular flexibility index (Phi) is 39.6. The number of ether oxygens (including phenoxy) is 6. The molecule has 4 aromatic carbocycles. The number of amides is 8. The van der Waals surface area contributed by atoms with Gasteiger partial charge in [0.25, 0.3) is 23.6 Å². The molecule has 8 aromatic rings. The number of nitrogens with one attached hydrogen (secondary N) is 4. The smallest absolute Gasteiger partial charge is 0.255 e. The number of primary amides is 4. The Hall–Kier alpha value is -15.1. The fourth-order valence-corrected chi connectivity index (χ4v) is 19.4. The fourth-order valence-electron chi connectivity index (χ4n) is 19.4. The van der Waals surface area contributed by atoms with Crippen molar-refractivity contribution in [2.75, 3.05) is 201 Å². The number of morpholine rings is 1. The highest BCUT2D eigenvalue weighted by Gasteiger charge is 2.39. The van der Waals surface area contributed by atoms with Crippen LogP contribution in [-0.4, -0.2) is 312 Å². The summed E-state index contributed by atoms with van der Waals surface area (Å²) in [5.41, 5.74) is 33.3. The van der Waals surface area contributed by atoms with Crippen molar-refractivity contribution in [3.63, 3.8) is 0 Å². The van der Waals surface area contributed by atoms with Gasteiger partial charge in [-0.15, -0.1) is 0 Å². The van der Waals surface area contributed by atoms with Crippen molar-refractivity contribution in [1.29, 1.82) is 0 Å². The molecule has 0 radical (unpaired) electrons. The number of nitrogens with two attached hydrogens (primary N) is 4. The highest BCUT2D eigenvalue weighted by atomic mass is 16.5. The zero-order valence-corrected chi connectivity index (χ0v) is 86.7. The molecule has 8 aliphatic rings. The molecular formula is C111H141N23O14. The van der Waals surface area contributed by atoms with E-state index in [4.69, 9.17) is 71.8 Å². The normalized spacial score (nSPS) is 17.7. The molecule has 0 aliphatic carbocycles. The first-order valence-electron chi connectivity index (χ1n) is 51.1.